The fraction of sp³-hybridized carbons (Fsp3) is 0.800. The van der Waals surface area contributed by atoms with Crippen LogP contribution in [0.1, 0.15) is 66.7 Å². The molecule has 0 atom stereocenters. The summed E-state index contributed by atoms with van der Waals surface area (Å²) >= 11 is 0. The topological polar surface area (TPSA) is 26.3 Å². The second-order valence-corrected chi connectivity index (χ2v) is 4.73. The Morgan fingerprint density at radius 3 is 2.12 bits per heavy atom. The summed E-state index contributed by atoms with van der Waals surface area (Å²) in [6, 6.07) is 0. The molecule has 0 aliphatic heterocycles. The number of hydrogen-bond donors (Lipinski definition) is 0. The number of carbonyl (C=O) groups excluding carboxylic acids is 1. The lowest BCUT2D eigenvalue weighted by molar-refractivity contribution is -0.116. The van der Waals surface area contributed by atoms with E-state index in [4.69, 9.17) is 4.74 Å². The van der Waals surface area contributed by atoms with Gasteiger partial charge in [0.05, 0.1) is 19.3 Å². The van der Waals surface area contributed by atoms with Gasteiger partial charge in [0.2, 0.25) is 0 Å². The normalized spacial score (nSPS) is 10.9. The largest absolute Gasteiger partial charge is 0.501 e. The molecule has 0 aromatic rings. The third-order valence-corrected chi connectivity index (χ3v) is 2.39. The molecule has 0 heterocycles. The molecular weight excluding hydrogens is 212 g/mol. The molecule has 17 heavy (non-hydrogen) atoms. The molecule has 0 amide bonds. The molecule has 0 saturated heterocycles. The number of ether oxygens (including phenoxy) is 1. The van der Waals surface area contributed by atoms with Crippen LogP contribution in [0, 0.1) is 5.92 Å². The van der Waals surface area contributed by atoms with Crippen LogP contribution in [0.3, 0.4) is 0 Å². The molecule has 0 aliphatic rings. The van der Waals surface area contributed by atoms with Crippen LogP contribution >= 0.6 is 0 Å². The van der Waals surface area contributed by atoms with E-state index >= 15 is 0 Å². The molecule has 0 aliphatic carbocycles. The summed E-state index contributed by atoms with van der Waals surface area (Å²) in [5, 5.41) is 0. The first-order valence-electron chi connectivity index (χ1n) is 6.66. The summed E-state index contributed by atoms with van der Waals surface area (Å²) in [6.45, 7) is 10.2. The highest BCUT2D eigenvalue weighted by Crippen LogP contribution is 2.06. The average molecular weight is 242 g/mol. The van der Waals surface area contributed by atoms with E-state index in [-0.39, 0.29) is 5.78 Å². The molecule has 0 rings (SSSR count). The molecule has 2 nitrogen and oxygen atoms in total. The highest BCUT2D eigenvalue weighted by Gasteiger charge is 1.97. The van der Waals surface area contributed by atoms with Crippen LogP contribution in [0.15, 0.2) is 11.8 Å². The van der Waals surface area contributed by atoms with Gasteiger partial charge in [0.1, 0.15) is 5.78 Å². The Morgan fingerprint density at radius 1 is 1.29 bits per heavy atom. The summed E-state index contributed by atoms with van der Waals surface area (Å²) < 4.78 is 4.85. The quantitative estimate of drug-likeness (QED) is 0.476. The predicted octanol–water partition coefficient (Wildman–Crippen LogP) is 4.74. The molecule has 102 valence electrons. The van der Waals surface area contributed by atoms with Gasteiger partial charge in [-0.3, -0.25) is 4.79 Å². The second-order valence-electron chi connectivity index (χ2n) is 4.73. The van der Waals surface area contributed by atoms with Crippen molar-refractivity contribution >= 4 is 5.78 Å². The maximum Gasteiger partial charge on any atom is 0.137 e. The molecule has 0 N–H and O–H groups in total. The van der Waals surface area contributed by atoms with Crippen LogP contribution in [0.2, 0.25) is 0 Å². The Hall–Kier alpha value is -0.790. The number of unbranched alkanes of at least 4 members (excludes halogenated alkanes) is 2. The van der Waals surface area contributed by atoms with Crippen molar-refractivity contribution in [1.29, 1.82) is 0 Å². The van der Waals surface area contributed by atoms with Gasteiger partial charge in [-0.1, -0.05) is 46.5 Å². The average Bonchev–Trinajstić information content (AvgIpc) is 2.26. The van der Waals surface area contributed by atoms with Crippen molar-refractivity contribution < 1.29 is 9.53 Å². The van der Waals surface area contributed by atoms with Crippen LogP contribution in [0.5, 0.6) is 0 Å². The predicted molar refractivity (Wildman–Crippen MR) is 75.0 cm³/mol. The number of methoxy groups -OCH3 is 1. The smallest absolute Gasteiger partial charge is 0.137 e. The van der Waals surface area contributed by atoms with E-state index < -0.39 is 0 Å². The third-order valence-electron chi connectivity index (χ3n) is 2.39. The van der Waals surface area contributed by atoms with E-state index in [9.17, 15) is 4.79 Å². The van der Waals surface area contributed by atoms with Crippen molar-refractivity contribution in [3.8, 4) is 0 Å². The van der Waals surface area contributed by atoms with Gasteiger partial charge < -0.3 is 4.74 Å². The van der Waals surface area contributed by atoms with E-state index in [0.717, 1.165) is 11.7 Å². The minimum atomic E-state index is 0.130. The number of carbonyl (C=O) groups is 1. The van der Waals surface area contributed by atoms with Gasteiger partial charge in [-0.25, -0.2) is 0 Å². The lowest BCUT2D eigenvalue weighted by atomic mass is 10.1. The van der Waals surface area contributed by atoms with E-state index in [1.54, 1.807) is 20.1 Å². The molecule has 2 heteroatoms. The number of rotatable bonds is 7. The summed E-state index contributed by atoms with van der Waals surface area (Å²) in [4.78, 5) is 10.5. The molecule has 0 saturated carbocycles. The fourth-order valence-corrected chi connectivity index (χ4v) is 1.34. The number of allylic oxidation sites excluding steroid dienone is 2. The minimum absolute atomic E-state index is 0.130. The number of hydrogen-bond acceptors (Lipinski definition) is 2. The van der Waals surface area contributed by atoms with Crippen molar-refractivity contribution in [3.63, 3.8) is 0 Å². The van der Waals surface area contributed by atoms with Gasteiger partial charge in [0.15, 0.2) is 0 Å². The number of Topliss-reactive ketones (excluding diaryl/α,β-unsaturated/α-hetero) is 1. The summed E-state index contributed by atoms with van der Waals surface area (Å²) in [6.07, 6.45) is 7.81. The van der Waals surface area contributed by atoms with Crippen molar-refractivity contribution in [2.24, 2.45) is 5.92 Å². The maximum absolute atomic E-state index is 10.5. The van der Waals surface area contributed by atoms with E-state index in [2.05, 4.69) is 20.8 Å². The molecule has 0 aromatic carbocycles. The minimum Gasteiger partial charge on any atom is -0.501 e. The van der Waals surface area contributed by atoms with Crippen LogP contribution in [0.25, 0.3) is 0 Å². The zero-order valence-corrected chi connectivity index (χ0v) is 12.5. The zero-order valence-electron chi connectivity index (χ0n) is 12.5. The molecule has 0 radical (unpaired) electrons. The van der Waals surface area contributed by atoms with Gasteiger partial charge in [-0.05, 0) is 25.8 Å². The molecule has 0 aromatic heterocycles. The molecule has 0 fully saturated rings. The first kappa shape index (κ1) is 18.6. The summed E-state index contributed by atoms with van der Waals surface area (Å²) in [7, 11) is 1.57. The Bertz CT molecular complexity index is 205. The van der Waals surface area contributed by atoms with Gasteiger partial charge in [0, 0.05) is 0 Å². The Kier molecular flexibility index (Phi) is 14.5. The van der Waals surface area contributed by atoms with Crippen LogP contribution in [0.4, 0.5) is 0 Å². The van der Waals surface area contributed by atoms with Crippen molar-refractivity contribution in [3.05, 3.63) is 11.8 Å². The lowest BCUT2D eigenvalue weighted by Gasteiger charge is -2.00. The Balaban J connectivity index is 0. The van der Waals surface area contributed by atoms with Gasteiger partial charge >= 0.3 is 0 Å². The second kappa shape index (κ2) is 13.3. The standard InChI is InChI=1S/C8H18.C7H12O2/c1-4-5-6-7-8(2)3;1-4-7(9-3)5-6(2)8/h8H,4-7H2,1-3H3;4H,5H2,1-3H3/b;7-4-. The van der Waals surface area contributed by atoms with Crippen LogP contribution in [-0.2, 0) is 9.53 Å². The molecular formula is C15H30O2. The van der Waals surface area contributed by atoms with Crippen molar-refractivity contribution in [1.82, 2.24) is 0 Å². The molecule has 0 spiro atoms. The summed E-state index contributed by atoms with van der Waals surface area (Å²) in [5.41, 5.74) is 0. The van der Waals surface area contributed by atoms with Crippen LogP contribution < -0.4 is 0 Å². The van der Waals surface area contributed by atoms with Crippen molar-refractivity contribution in [2.75, 3.05) is 7.11 Å². The Labute approximate surface area is 107 Å². The van der Waals surface area contributed by atoms with Crippen molar-refractivity contribution in [2.45, 2.75) is 66.7 Å². The molecule has 0 unspecified atom stereocenters. The monoisotopic (exact) mass is 242 g/mol. The lowest BCUT2D eigenvalue weighted by Crippen LogP contribution is -1.94. The first-order valence-corrected chi connectivity index (χ1v) is 6.66. The highest BCUT2D eigenvalue weighted by molar-refractivity contribution is 5.77. The van der Waals surface area contributed by atoms with Gasteiger partial charge in [0.25, 0.3) is 0 Å². The SMILES string of the molecule is C/C=C(/CC(C)=O)OC.CCCCCC(C)C. The molecule has 0 bridgehead atoms. The van der Waals surface area contributed by atoms with Crippen LogP contribution in [-0.4, -0.2) is 12.9 Å². The highest BCUT2D eigenvalue weighted by atomic mass is 16.5. The van der Waals surface area contributed by atoms with Gasteiger partial charge in [-0.2, -0.15) is 0 Å². The maximum atomic E-state index is 10.5. The van der Waals surface area contributed by atoms with E-state index in [1.807, 2.05) is 6.92 Å². The van der Waals surface area contributed by atoms with E-state index in [0.29, 0.717) is 6.42 Å². The van der Waals surface area contributed by atoms with Gasteiger partial charge in [-0.15, -0.1) is 0 Å². The third kappa shape index (κ3) is 17.8. The number of ketones is 1. The first-order chi connectivity index (χ1) is 7.97. The Morgan fingerprint density at radius 2 is 1.88 bits per heavy atom. The summed E-state index contributed by atoms with van der Waals surface area (Å²) in [5.74, 6) is 1.77. The fourth-order valence-electron chi connectivity index (χ4n) is 1.34. The zero-order chi connectivity index (χ0) is 13.7. The van der Waals surface area contributed by atoms with E-state index in [1.165, 1.54) is 25.7 Å².